The molecule has 0 unspecified atom stereocenters. The van der Waals surface area contributed by atoms with Gasteiger partial charge in [-0.05, 0) is 26.0 Å². The van der Waals surface area contributed by atoms with Crippen molar-refractivity contribution in [2.45, 2.75) is 30.5 Å². The lowest BCUT2D eigenvalue weighted by atomic mass is 10.1. The molecule has 0 saturated carbocycles. The monoisotopic (exact) mass is 342 g/mol. The summed E-state index contributed by atoms with van der Waals surface area (Å²) >= 11 is 1.01. The lowest BCUT2D eigenvalue weighted by molar-refractivity contribution is -0.121. The van der Waals surface area contributed by atoms with E-state index in [4.69, 9.17) is 5.14 Å². The lowest BCUT2D eigenvalue weighted by Crippen LogP contribution is -2.28. The van der Waals surface area contributed by atoms with E-state index in [0.29, 0.717) is 4.88 Å². The van der Waals surface area contributed by atoms with E-state index in [1.165, 1.54) is 6.07 Å². The molecule has 2 aromatic heterocycles. The second-order valence-corrected chi connectivity index (χ2v) is 8.00. The van der Waals surface area contributed by atoms with E-state index in [0.717, 1.165) is 22.6 Å². The van der Waals surface area contributed by atoms with Crippen LogP contribution in [0.3, 0.4) is 0 Å². The Bertz CT molecular complexity index is 792. The number of rotatable bonds is 5. The number of hydrogen-bond acceptors (Lipinski definition) is 5. The van der Waals surface area contributed by atoms with Gasteiger partial charge in [0.15, 0.2) is 0 Å². The van der Waals surface area contributed by atoms with Gasteiger partial charge in [0, 0.05) is 23.2 Å². The third-order valence-corrected chi connectivity index (χ3v) is 5.89. The zero-order valence-electron chi connectivity index (χ0n) is 12.5. The number of carbonyl (C=O) groups is 1. The van der Waals surface area contributed by atoms with Gasteiger partial charge >= 0.3 is 0 Å². The molecule has 0 aliphatic rings. The van der Waals surface area contributed by atoms with E-state index in [1.54, 1.807) is 16.9 Å². The maximum atomic E-state index is 12.1. The number of carbonyl (C=O) groups excluding carboxylic acids is 1. The summed E-state index contributed by atoms with van der Waals surface area (Å²) in [6.07, 6.45) is 1.84. The summed E-state index contributed by atoms with van der Waals surface area (Å²) in [6, 6.07) is 2.85. The van der Waals surface area contributed by atoms with Gasteiger partial charge in [-0.2, -0.15) is 5.10 Å². The van der Waals surface area contributed by atoms with Crippen LogP contribution in [0.15, 0.2) is 22.5 Å². The van der Waals surface area contributed by atoms with Gasteiger partial charge in [-0.25, -0.2) is 13.6 Å². The molecule has 0 spiro atoms. The van der Waals surface area contributed by atoms with Gasteiger partial charge in [-0.15, -0.1) is 11.3 Å². The molecule has 0 radical (unpaired) electrons. The Kier molecular flexibility index (Phi) is 4.69. The fourth-order valence-electron chi connectivity index (χ4n) is 2.08. The number of aryl methyl sites for hydroxylation is 1. The third-order valence-electron chi connectivity index (χ3n) is 3.37. The highest BCUT2D eigenvalue weighted by Gasteiger charge is 2.17. The number of sulfonamides is 1. The summed E-state index contributed by atoms with van der Waals surface area (Å²) in [5, 5.41) is 12.1. The lowest BCUT2D eigenvalue weighted by Gasteiger charge is -2.13. The molecular formula is C13H18N4O3S2. The first-order valence-electron chi connectivity index (χ1n) is 6.58. The van der Waals surface area contributed by atoms with Crippen LogP contribution in [0.25, 0.3) is 0 Å². The highest BCUT2D eigenvalue weighted by atomic mass is 32.2. The predicted molar refractivity (Wildman–Crippen MR) is 83.9 cm³/mol. The Morgan fingerprint density at radius 3 is 2.68 bits per heavy atom. The van der Waals surface area contributed by atoms with E-state index < -0.39 is 10.0 Å². The fourth-order valence-corrected chi connectivity index (χ4v) is 3.85. The molecule has 0 aliphatic carbocycles. The number of nitrogens with two attached hydrogens (primary N) is 1. The average molecular weight is 342 g/mol. The number of aromatic nitrogens is 2. The van der Waals surface area contributed by atoms with Gasteiger partial charge in [-0.3, -0.25) is 9.48 Å². The van der Waals surface area contributed by atoms with Crippen molar-refractivity contribution in [1.82, 2.24) is 15.1 Å². The van der Waals surface area contributed by atoms with Crippen molar-refractivity contribution in [2.75, 3.05) is 0 Å². The first-order chi connectivity index (χ1) is 10.2. The molecule has 9 heteroatoms. The first kappa shape index (κ1) is 16.7. The van der Waals surface area contributed by atoms with Crippen LogP contribution in [0, 0.1) is 6.92 Å². The molecule has 0 saturated heterocycles. The van der Waals surface area contributed by atoms with Crippen molar-refractivity contribution in [1.29, 1.82) is 0 Å². The zero-order valence-corrected chi connectivity index (χ0v) is 14.2. The van der Waals surface area contributed by atoms with Crippen LogP contribution in [0.4, 0.5) is 0 Å². The maximum absolute atomic E-state index is 12.1. The molecule has 2 heterocycles. The molecule has 3 N–H and O–H groups in total. The number of nitrogens with one attached hydrogen (secondary N) is 1. The molecule has 1 amide bonds. The van der Waals surface area contributed by atoms with Crippen molar-refractivity contribution in [2.24, 2.45) is 12.2 Å². The Hall–Kier alpha value is -1.71. The van der Waals surface area contributed by atoms with Crippen LogP contribution in [0.1, 0.15) is 29.1 Å². The Labute approximate surface area is 133 Å². The second-order valence-electron chi connectivity index (χ2n) is 5.04. The van der Waals surface area contributed by atoms with Gasteiger partial charge in [0.05, 0.1) is 18.7 Å². The van der Waals surface area contributed by atoms with Crippen LogP contribution < -0.4 is 10.5 Å². The van der Waals surface area contributed by atoms with Gasteiger partial charge in [0.2, 0.25) is 15.9 Å². The minimum atomic E-state index is -3.71. The van der Waals surface area contributed by atoms with Crippen molar-refractivity contribution >= 4 is 27.3 Å². The zero-order chi connectivity index (χ0) is 16.5. The van der Waals surface area contributed by atoms with Crippen molar-refractivity contribution in [3.63, 3.8) is 0 Å². The third kappa shape index (κ3) is 3.73. The van der Waals surface area contributed by atoms with Crippen molar-refractivity contribution < 1.29 is 13.2 Å². The fraction of sp³-hybridized carbons (Fsp3) is 0.385. The SMILES string of the molecule is Cc1c([C@@H](C)NC(=O)Cc2ccc(S(N)(=O)=O)s2)cnn1C. The number of nitrogens with zero attached hydrogens (tertiary/aromatic N) is 2. The second kappa shape index (κ2) is 6.19. The van der Waals surface area contributed by atoms with Gasteiger partial charge in [-0.1, -0.05) is 0 Å². The van der Waals surface area contributed by atoms with Crippen LogP contribution >= 0.6 is 11.3 Å². The molecule has 22 heavy (non-hydrogen) atoms. The molecule has 2 aromatic rings. The smallest absolute Gasteiger partial charge is 0.247 e. The molecule has 0 bridgehead atoms. The van der Waals surface area contributed by atoms with E-state index in [2.05, 4.69) is 10.4 Å². The highest BCUT2D eigenvalue weighted by Crippen LogP contribution is 2.21. The topological polar surface area (TPSA) is 107 Å². The number of primary sulfonamides is 1. The summed E-state index contributed by atoms with van der Waals surface area (Å²) < 4.78 is 24.2. The highest BCUT2D eigenvalue weighted by molar-refractivity contribution is 7.91. The van der Waals surface area contributed by atoms with Crippen LogP contribution in [-0.2, 0) is 28.3 Å². The summed E-state index contributed by atoms with van der Waals surface area (Å²) in [5.41, 5.74) is 1.94. The maximum Gasteiger partial charge on any atom is 0.247 e. The Morgan fingerprint density at radius 1 is 1.50 bits per heavy atom. The Morgan fingerprint density at radius 2 is 2.18 bits per heavy atom. The minimum absolute atomic E-state index is 0.0615. The normalized spacial score (nSPS) is 13.1. The van der Waals surface area contributed by atoms with Crippen molar-refractivity contribution in [3.8, 4) is 0 Å². The predicted octanol–water partition coefficient (Wildman–Crippen LogP) is 0.857. The average Bonchev–Trinajstić information content (AvgIpc) is 2.97. The minimum Gasteiger partial charge on any atom is -0.349 e. The molecule has 2 rings (SSSR count). The summed E-state index contributed by atoms with van der Waals surface area (Å²) in [4.78, 5) is 12.7. The summed E-state index contributed by atoms with van der Waals surface area (Å²) in [7, 11) is -1.87. The van der Waals surface area contributed by atoms with E-state index in [9.17, 15) is 13.2 Å². The van der Waals surface area contributed by atoms with Gasteiger partial charge < -0.3 is 5.32 Å². The molecule has 7 nitrogen and oxygen atoms in total. The van der Waals surface area contributed by atoms with Crippen LogP contribution in [-0.4, -0.2) is 24.1 Å². The Balaban J connectivity index is 2.01. The number of thiophene rings is 1. The van der Waals surface area contributed by atoms with E-state index in [-0.39, 0.29) is 22.6 Å². The standard InChI is InChI=1S/C13H18N4O3S2/c1-8(11-7-15-17(3)9(11)2)16-12(18)6-10-4-5-13(21-10)22(14,19)20/h4-5,7-8H,6H2,1-3H3,(H,16,18)(H2,14,19,20)/t8-/m1/s1. The van der Waals surface area contributed by atoms with E-state index in [1.807, 2.05) is 20.9 Å². The number of amides is 1. The molecule has 0 aromatic carbocycles. The molecule has 1 atom stereocenters. The molecule has 120 valence electrons. The molecule has 0 fully saturated rings. The van der Waals surface area contributed by atoms with Crippen LogP contribution in [0.2, 0.25) is 0 Å². The molecular weight excluding hydrogens is 324 g/mol. The van der Waals surface area contributed by atoms with Crippen molar-refractivity contribution in [3.05, 3.63) is 34.5 Å². The van der Waals surface area contributed by atoms with E-state index >= 15 is 0 Å². The first-order valence-corrected chi connectivity index (χ1v) is 8.94. The summed E-state index contributed by atoms with van der Waals surface area (Å²) in [5.74, 6) is -0.182. The largest absolute Gasteiger partial charge is 0.349 e. The van der Waals surface area contributed by atoms with Gasteiger partial charge in [0.1, 0.15) is 4.21 Å². The molecule has 0 aliphatic heterocycles. The summed E-state index contributed by atoms with van der Waals surface area (Å²) in [6.45, 7) is 3.81. The van der Waals surface area contributed by atoms with Gasteiger partial charge in [0.25, 0.3) is 0 Å². The van der Waals surface area contributed by atoms with Crippen LogP contribution in [0.5, 0.6) is 0 Å². The number of hydrogen-bond donors (Lipinski definition) is 2. The quantitative estimate of drug-likeness (QED) is 0.840.